The Kier molecular flexibility index (Phi) is 4.19. The molecule has 0 radical (unpaired) electrons. The average Bonchev–Trinajstić information content (AvgIpc) is 3.24. The first-order chi connectivity index (χ1) is 8.72. The van der Waals surface area contributed by atoms with Gasteiger partial charge in [0, 0.05) is 19.0 Å². The smallest absolute Gasteiger partial charge is 0.225 e. The minimum absolute atomic E-state index is 0.315. The minimum Gasteiger partial charge on any atom is -0.339 e. The van der Waals surface area contributed by atoms with E-state index in [0.717, 1.165) is 25.9 Å². The highest BCUT2D eigenvalue weighted by Crippen LogP contribution is 2.31. The Morgan fingerprint density at radius 2 is 2.00 bits per heavy atom. The van der Waals surface area contributed by atoms with Crippen LogP contribution < -0.4 is 0 Å². The Morgan fingerprint density at radius 3 is 2.56 bits per heavy atom. The summed E-state index contributed by atoms with van der Waals surface area (Å²) in [5.41, 5.74) is 2.46. The molecule has 0 saturated heterocycles. The third kappa shape index (κ3) is 3.22. The molecule has 2 nitrogen and oxygen atoms in total. The number of carbonyl (C=O) groups excluding carboxylic acids is 1. The van der Waals surface area contributed by atoms with Gasteiger partial charge in [-0.25, -0.2) is 0 Å². The average molecular weight is 243 g/mol. The summed E-state index contributed by atoms with van der Waals surface area (Å²) >= 11 is 0. The summed E-state index contributed by atoms with van der Waals surface area (Å²) in [5, 5.41) is 0. The van der Waals surface area contributed by atoms with Crippen LogP contribution in [-0.2, 0) is 4.79 Å². The number of amides is 1. The van der Waals surface area contributed by atoms with Crippen LogP contribution in [0.2, 0.25) is 0 Å². The number of hydrogen-bond donors (Lipinski definition) is 0. The number of rotatable bonds is 5. The molecule has 0 aromatic heterocycles. The highest BCUT2D eigenvalue weighted by Gasteiger charge is 2.32. The molecule has 0 spiro atoms. The first kappa shape index (κ1) is 12.9. The van der Waals surface area contributed by atoms with Crippen LogP contribution in [0.1, 0.15) is 32.3 Å². The zero-order chi connectivity index (χ0) is 13.0. The fourth-order valence-electron chi connectivity index (χ4n) is 2.03. The lowest BCUT2D eigenvalue weighted by molar-refractivity contribution is -0.131. The van der Waals surface area contributed by atoms with Crippen LogP contribution in [0.5, 0.6) is 0 Å². The molecule has 1 aromatic rings. The van der Waals surface area contributed by atoms with Crippen molar-refractivity contribution in [3.8, 4) is 0 Å². The van der Waals surface area contributed by atoms with Crippen LogP contribution in [0.3, 0.4) is 0 Å². The first-order valence-corrected chi connectivity index (χ1v) is 6.73. The highest BCUT2D eigenvalue weighted by molar-refractivity contribution is 5.81. The van der Waals surface area contributed by atoms with Gasteiger partial charge in [0.1, 0.15) is 0 Å². The topological polar surface area (TPSA) is 20.3 Å². The van der Waals surface area contributed by atoms with E-state index in [0.29, 0.717) is 11.8 Å². The lowest BCUT2D eigenvalue weighted by atomic mass is 10.1. The molecule has 1 aliphatic carbocycles. The van der Waals surface area contributed by atoms with E-state index < -0.39 is 0 Å². The Balaban J connectivity index is 1.97. The van der Waals surface area contributed by atoms with Gasteiger partial charge in [0.25, 0.3) is 0 Å². The summed E-state index contributed by atoms with van der Waals surface area (Å²) < 4.78 is 0. The van der Waals surface area contributed by atoms with Crippen LogP contribution in [-0.4, -0.2) is 23.9 Å². The van der Waals surface area contributed by atoms with Gasteiger partial charge in [0.05, 0.1) is 0 Å². The molecule has 18 heavy (non-hydrogen) atoms. The molecule has 0 unspecified atom stereocenters. The van der Waals surface area contributed by atoms with E-state index in [1.807, 2.05) is 30.0 Å². The van der Waals surface area contributed by atoms with Gasteiger partial charge in [-0.1, -0.05) is 36.4 Å². The Hall–Kier alpha value is -1.57. The lowest BCUT2D eigenvalue weighted by Gasteiger charge is -2.19. The molecule has 2 rings (SSSR count). The van der Waals surface area contributed by atoms with Crippen molar-refractivity contribution in [2.75, 3.05) is 13.1 Å². The van der Waals surface area contributed by atoms with Gasteiger partial charge in [0.2, 0.25) is 5.91 Å². The molecule has 0 heterocycles. The fourth-order valence-corrected chi connectivity index (χ4v) is 2.03. The quantitative estimate of drug-likeness (QED) is 0.776. The number of benzene rings is 1. The standard InChI is InChI=1S/C16H21NO/c1-3-17(16(18)15-9-10-15)12-11-13(2)14-7-5-4-6-8-14/h4-8,11,15H,3,9-10,12H2,1-2H3. The third-order valence-corrected chi connectivity index (χ3v) is 3.47. The van der Waals surface area contributed by atoms with Crippen LogP contribution in [0.15, 0.2) is 36.4 Å². The van der Waals surface area contributed by atoms with E-state index in [1.54, 1.807) is 0 Å². The van der Waals surface area contributed by atoms with Crippen LogP contribution in [0.25, 0.3) is 5.57 Å². The summed E-state index contributed by atoms with van der Waals surface area (Å²) in [6.45, 7) is 5.68. The largest absolute Gasteiger partial charge is 0.339 e. The van der Waals surface area contributed by atoms with Crippen molar-refractivity contribution >= 4 is 11.5 Å². The van der Waals surface area contributed by atoms with Crippen LogP contribution in [0.4, 0.5) is 0 Å². The van der Waals surface area contributed by atoms with Gasteiger partial charge in [-0.15, -0.1) is 0 Å². The minimum atomic E-state index is 0.315. The van der Waals surface area contributed by atoms with Crippen molar-refractivity contribution < 1.29 is 4.79 Å². The molecule has 0 bridgehead atoms. The van der Waals surface area contributed by atoms with Gasteiger partial charge >= 0.3 is 0 Å². The zero-order valence-electron chi connectivity index (χ0n) is 11.2. The number of hydrogen-bond acceptors (Lipinski definition) is 1. The number of carbonyl (C=O) groups is 1. The molecule has 1 fully saturated rings. The van der Waals surface area contributed by atoms with Crippen molar-refractivity contribution in [1.82, 2.24) is 4.90 Å². The summed E-state index contributed by atoms with van der Waals surface area (Å²) in [6.07, 6.45) is 4.31. The summed E-state index contributed by atoms with van der Waals surface area (Å²) in [7, 11) is 0. The molecule has 96 valence electrons. The summed E-state index contributed by atoms with van der Waals surface area (Å²) in [6, 6.07) is 10.3. The molecular formula is C16H21NO. The van der Waals surface area contributed by atoms with Crippen molar-refractivity contribution in [2.24, 2.45) is 5.92 Å². The molecule has 1 aromatic carbocycles. The predicted molar refractivity (Wildman–Crippen MR) is 75.1 cm³/mol. The number of allylic oxidation sites excluding steroid dienone is 1. The molecule has 2 heteroatoms. The Bertz CT molecular complexity index is 432. The van der Waals surface area contributed by atoms with Gasteiger partial charge < -0.3 is 4.90 Å². The van der Waals surface area contributed by atoms with Gasteiger partial charge in [0.15, 0.2) is 0 Å². The van der Waals surface area contributed by atoms with E-state index in [4.69, 9.17) is 0 Å². The predicted octanol–water partition coefficient (Wildman–Crippen LogP) is 3.35. The van der Waals surface area contributed by atoms with Gasteiger partial charge in [-0.05, 0) is 37.8 Å². The van der Waals surface area contributed by atoms with E-state index >= 15 is 0 Å². The summed E-state index contributed by atoms with van der Waals surface area (Å²) in [4.78, 5) is 13.9. The highest BCUT2D eigenvalue weighted by atomic mass is 16.2. The molecule has 0 N–H and O–H groups in total. The Labute approximate surface area is 109 Å². The van der Waals surface area contributed by atoms with Gasteiger partial charge in [-0.2, -0.15) is 0 Å². The van der Waals surface area contributed by atoms with E-state index in [9.17, 15) is 4.79 Å². The van der Waals surface area contributed by atoms with Crippen molar-refractivity contribution in [2.45, 2.75) is 26.7 Å². The maximum atomic E-state index is 12.0. The SMILES string of the molecule is CCN(CC=C(C)c1ccccc1)C(=O)C1CC1. The van der Waals surface area contributed by atoms with Crippen molar-refractivity contribution in [1.29, 1.82) is 0 Å². The molecule has 0 atom stereocenters. The van der Waals surface area contributed by atoms with E-state index in [2.05, 4.69) is 25.1 Å². The van der Waals surface area contributed by atoms with Crippen molar-refractivity contribution in [3.63, 3.8) is 0 Å². The van der Waals surface area contributed by atoms with Crippen LogP contribution >= 0.6 is 0 Å². The number of likely N-dealkylation sites (N-methyl/N-ethyl adjacent to an activating group) is 1. The second kappa shape index (κ2) is 5.85. The molecule has 1 aliphatic rings. The van der Waals surface area contributed by atoms with Crippen molar-refractivity contribution in [3.05, 3.63) is 42.0 Å². The maximum Gasteiger partial charge on any atom is 0.225 e. The second-order valence-electron chi connectivity index (χ2n) is 4.90. The Morgan fingerprint density at radius 1 is 1.33 bits per heavy atom. The number of nitrogens with zero attached hydrogens (tertiary/aromatic N) is 1. The maximum absolute atomic E-state index is 12.0. The third-order valence-electron chi connectivity index (χ3n) is 3.47. The summed E-state index contributed by atoms with van der Waals surface area (Å²) in [5.74, 6) is 0.644. The van der Waals surface area contributed by atoms with E-state index in [1.165, 1.54) is 11.1 Å². The first-order valence-electron chi connectivity index (χ1n) is 6.73. The zero-order valence-corrected chi connectivity index (χ0v) is 11.2. The monoisotopic (exact) mass is 243 g/mol. The fraction of sp³-hybridized carbons (Fsp3) is 0.438. The van der Waals surface area contributed by atoms with E-state index in [-0.39, 0.29) is 0 Å². The molecule has 1 saturated carbocycles. The van der Waals surface area contributed by atoms with Crippen LogP contribution in [0, 0.1) is 5.92 Å². The second-order valence-corrected chi connectivity index (χ2v) is 4.90. The molecule has 0 aliphatic heterocycles. The molecular weight excluding hydrogens is 222 g/mol. The van der Waals surface area contributed by atoms with Gasteiger partial charge in [-0.3, -0.25) is 4.79 Å². The normalized spacial score (nSPS) is 15.6. The lowest BCUT2D eigenvalue weighted by Crippen LogP contribution is -2.32. The molecule has 1 amide bonds.